The van der Waals surface area contributed by atoms with Gasteiger partial charge in [0.05, 0.1) is 12.3 Å². The molecule has 0 radical (unpaired) electrons. The van der Waals surface area contributed by atoms with Crippen LogP contribution >= 0.6 is 0 Å². The number of carbonyl (C=O) groups excluding carboxylic acids is 1. The van der Waals surface area contributed by atoms with Gasteiger partial charge in [-0.3, -0.25) is 9.69 Å². The minimum Gasteiger partial charge on any atom is -0.468 e. The zero-order valence-corrected chi connectivity index (χ0v) is 13.9. The van der Waals surface area contributed by atoms with Crippen LogP contribution in [0.4, 0.5) is 0 Å². The highest BCUT2D eigenvalue weighted by molar-refractivity contribution is 7.89. The van der Waals surface area contributed by atoms with Crippen molar-refractivity contribution in [1.29, 1.82) is 0 Å². The molecule has 126 valence electrons. The van der Waals surface area contributed by atoms with Gasteiger partial charge in [-0.1, -0.05) is 0 Å². The number of hydrogen-bond acceptors (Lipinski definition) is 6. The lowest BCUT2D eigenvalue weighted by Crippen LogP contribution is -2.34. The second-order valence-electron chi connectivity index (χ2n) is 5.03. The summed E-state index contributed by atoms with van der Waals surface area (Å²) in [4.78, 5) is 14.0. The molecule has 0 spiro atoms. The Bertz CT molecular complexity index is 749. The van der Waals surface area contributed by atoms with E-state index in [2.05, 4.69) is 10.0 Å². The van der Waals surface area contributed by atoms with Crippen LogP contribution < -0.4 is 10.0 Å². The van der Waals surface area contributed by atoms with Gasteiger partial charge in [-0.05, 0) is 45.4 Å². The number of likely N-dealkylation sites (N-methyl/N-ethyl adjacent to an activating group) is 1. The lowest BCUT2D eigenvalue weighted by molar-refractivity contribution is 0.0906. The third kappa shape index (κ3) is 4.01. The molecule has 2 N–H and O–H groups in total. The average molecular weight is 341 g/mol. The Labute approximate surface area is 134 Å². The molecule has 0 bridgehead atoms. The fraction of sp³-hybridized carbons (Fsp3) is 0.357. The molecule has 0 aliphatic carbocycles. The zero-order chi connectivity index (χ0) is 17.0. The molecule has 9 heteroatoms. The van der Waals surface area contributed by atoms with Gasteiger partial charge in [0.2, 0.25) is 5.09 Å². The van der Waals surface area contributed by atoms with Crippen LogP contribution in [0.5, 0.6) is 0 Å². The van der Waals surface area contributed by atoms with Gasteiger partial charge in [-0.2, -0.15) is 0 Å². The number of carbonyl (C=O) groups is 1. The SMILES string of the molecule is CNS(=O)(=O)c1ccc(C(=O)NCC(c2ccco2)N(C)C)o1. The van der Waals surface area contributed by atoms with Gasteiger partial charge >= 0.3 is 0 Å². The van der Waals surface area contributed by atoms with Crippen molar-refractivity contribution in [2.75, 3.05) is 27.7 Å². The lowest BCUT2D eigenvalue weighted by Gasteiger charge is -2.22. The molecule has 0 aromatic carbocycles. The molecule has 2 rings (SSSR count). The first-order valence-corrected chi connectivity index (χ1v) is 8.35. The van der Waals surface area contributed by atoms with Crippen molar-refractivity contribution < 1.29 is 22.0 Å². The summed E-state index contributed by atoms with van der Waals surface area (Å²) in [6.45, 7) is 0.286. The highest BCUT2D eigenvalue weighted by Crippen LogP contribution is 2.18. The summed E-state index contributed by atoms with van der Waals surface area (Å²) >= 11 is 0. The first-order chi connectivity index (χ1) is 10.8. The summed E-state index contributed by atoms with van der Waals surface area (Å²) in [5, 5.41) is 2.40. The van der Waals surface area contributed by atoms with Gasteiger partial charge in [0, 0.05) is 6.54 Å². The van der Waals surface area contributed by atoms with Crippen LogP contribution in [-0.2, 0) is 10.0 Å². The van der Waals surface area contributed by atoms with Crippen molar-refractivity contribution in [2.45, 2.75) is 11.1 Å². The minimum absolute atomic E-state index is 0.0734. The van der Waals surface area contributed by atoms with Crippen LogP contribution in [0.25, 0.3) is 0 Å². The number of furan rings is 2. The van der Waals surface area contributed by atoms with Crippen LogP contribution in [0.2, 0.25) is 0 Å². The first kappa shape index (κ1) is 17.3. The van der Waals surface area contributed by atoms with Gasteiger partial charge in [-0.25, -0.2) is 13.1 Å². The van der Waals surface area contributed by atoms with Crippen LogP contribution in [0.15, 0.2) is 44.5 Å². The van der Waals surface area contributed by atoms with Crippen LogP contribution in [-0.4, -0.2) is 46.9 Å². The molecular formula is C14H19N3O5S. The minimum atomic E-state index is -3.71. The maximum absolute atomic E-state index is 12.1. The van der Waals surface area contributed by atoms with Crippen LogP contribution in [0.1, 0.15) is 22.4 Å². The van der Waals surface area contributed by atoms with Crippen LogP contribution in [0, 0.1) is 0 Å². The molecule has 23 heavy (non-hydrogen) atoms. The van der Waals surface area contributed by atoms with Gasteiger partial charge in [0.15, 0.2) is 5.76 Å². The maximum Gasteiger partial charge on any atom is 0.287 e. The Morgan fingerprint density at radius 1 is 1.30 bits per heavy atom. The molecule has 0 aliphatic rings. The van der Waals surface area contributed by atoms with Crippen molar-refractivity contribution in [3.05, 3.63) is 42.0 Å². The van der Waals surface area contributed by atoms with Gasteiger partial charge in [0.25, 0.3) is 15.9 Å². The zero-order valence-electron chi connectivity index (χ0n) is 13.1. The fourth-order valence-electron chi connectivity index (χ4n) is 1.98. The molecular weight excluding hydrogens is 322 g/mol. The van der Waals surface area contributed by atoms with E-state index in [0.717, 1.165) is 0 Å². The molecule has 0 saturated heterocycles. The number of hydrogen-bond donors (Lipinski definition) is 2. The van der Waals surface area contributed by atoms with E-state index in [9.17, 15) is 13.2 Å². The topological polar surface area (TPSA) is 105 Å². The number of rotatable bonds is 7. The second kappa shape index (κ2) is 6.99. The number of nitrogens with zero attached hydrogens (tertiary/aromatic N) is 1. The molecule has 1 atom stereocenters. The van der Waals surface area contributed by atoms with Crippen molar-refractivity contribution in [3.63, 3.8) is 0 Å². The number of amides is 1. The van der Waals surface area contributed by atoms with Crippen LogP contribution in [0.3, 0.4) is 0 Å². The monoisotopic (exact) mass is 341 g/mol. The van der Waals surface area contributed by atoms with E-state index in [4.69, 9.17) is 8.83 Å². The predicted octanol–water partition coefficient (Wildman–Crippen LogP) is 0.813. The van der Waals surface area contributed by atoms with E-state index in [1.54, 1.807) is 12.3 Å². The highest BCUT2D eigenvalue weighted by Gasteiger charge is 2.22. The van der Waals surface area contributed by atoms with Crippen molar-refractivity contribution in [1.82, 2.24) is 14.9 Å². The third-order valence-electron chi connectivity index (χ3n) is 3.29. The van der Waals surface area contributed by atoms with Gasteiger partial charge in [-0.15, -0.1) is 0 Å². The quantitative estimate of drug-likeness (QED) is 0.772. The van der Waals surface area contributed by atoms with Gasteiger partial charge < -0.3 is 14.2 Å². The van der Waals surface area contributed by atoms with Gasteiger partial charge in [0.1, 0.15) is 5.76 Å². The molecule has 1 amide bonds. The molecule has 8 nitrogen and oxygen atoms in total. The summed E-state index contributed by atoms with van der Waals surface area (Å²) in [7, 11) is 1.29. The fourth-order valence-corrected chi connectivity index (χ4v) is 2.63. The Balaban J connectivity index is 2.05. The molecule has 0 saturated carbocycles. The van der Waals surface area contributed by atoms with E-state index in [0.29, 0.717) is 5.76 Å². The summed E-state index contributed by atoms with van der Waals surface area (Å²) in [6.07, 6.45) is 1.56. The lowest BCUT2D eigenvalue weighted by atomic mass is 10.2. The molecule has 0 fully saturated rings. The number of sulfonamides is 1. The Morgan fingerprint density at radius 2 is 2.04 bits per heavy atom. The first-order valence-electron chi connectivity index (χ1n) is 6.86. The summed E-state index contributed by atoms with van der Waals surface area (Å²) in [5.74, 6) is 0.143. The van der Waals surface area contributed by atoms with Crippen molar-refractivity contribution in [2.24, 2.45) is 0 Å². The van der Waals surface area contributed by atoms with E-state index in [1.165, 1.54) is 19.2 Å². The second-order valence-corrected chi connectivity index (χ2v) is 6.85. The highest BCUT2D eigenvalue weighted by atomic mass is 32.2. The van der Waals surface area contributed by atoms with Crippen molar-refractivity contribution in [3.8, 4) is 0 Å². The Morgan fingerprint density at radius 3 is 2.61 bits per heavy atom. The summed E-state index contributed by atoms with van der Waals surface area (Å²) in [5.41, 5.74) is 0. The summed E-state index contributed by atoms with van der Waals surface area (Å²) < 4.78 is 35.7. The molecule has 2 heterocycles. The van der Waals surface area contributed by atoms with E-state index in [1.807, 2.05) is 25.1 Å². The third-order valence-corrected chi connectivity index (χ3v) is 4.58. The molecule has 0 aliphatic heterocycles. The number of nitrogens with one attached hydrogen (secondary N) is 2. The molecule has 2 aromatic heterocycles. The van der Waals surface area contributed by atoms with Crippen molar-refractivity contribution >= 4 is 15.9 Å². The van der Waals surface area contributed by atoms with E-state index >= 15 is 0 Å². The Kier molecular flexibility index (Phi) is 5.24. The maximum atomic E-state index is 12.1. The Hall–Kier alpha value is -2.10. The largest absolute Gasteiger partial charge is 0.468 e. The molecule has 2 aromatic rings. The molecule has 1 unspecified atom stereocenters. The summed E-state index contributed by atoms with van der Waals surface area (Å²) in [6, 6.07) is 5.99. The average Bonchev–Trinajstić information content (AvgIpc) is 3.18. The predicted molar refractivity (Wildman–Crippen MR) is 82.4 cm³/mol. The standard InChI is InChI=1S/C14H19N3O5S/c1-15-23(19,20)13-7-6-12(22-13)14(18)16-9-10(17(2)3)11-5-4-8-21-11/h4-8,10,15H,9H2,1-3H3,(H,16,18). The smallest absolute Gasteiger partial charge is 0.287 e. The van der Waals surface area contributed by atoms with E-state index in [-0.39, 0.29) is 23.4 Å². The van der Waals surface area contributed by atoms with E-state index < -0.39 is 15.9 Å². The normalized spacial score (nSPS) is 13.2.